The van der Waals surface area contributed by atoms with E-state index in [1.165, 1.54) is 11.8 Å². The van der Waals surface area contributed by atoms with Gasteiger partial charge in [-0.1, -0.05) is 34.1 Å². The molecule has 0 fully saturated rings. The quantitative estimate of drug-likeness (QED) is 0.106. The molecule has 41 heavy (non-hydrogen) atoms. The molecule has 9 nitrogen and oxygen atoms in total. The number of methoxy groups -OCH3 is 1. The SMILES string of the molecule is C=CCc1cc(C=Nn2c(-c3cc4cc(Br)ccc4o3)nc3ccccc3c2=O)cc(OCC)c1OCC(=O)OC. The number of hydrogen-bond acceptors (Lipinski definition) is 8. The molecule has 0 aliphatic rings. The van der Waals surface area contributed by atoms with Crippen molar-refractivity contribution in [2.45, 2.75) is 13.3 Å². The topological polar surface area (TPSA) is 105 Å². The molecular weight excluding hydrogens is 590 g/mol. The van der Waals surface area contributed by atoms with E-state index in [0.29, 0.717) is 52.3 Å². The second kappa shape index (κ2) is 12.2. The van der Waals surface area contributed by atoms with E-state index >= 15 is 0 Å². The predicted octanol–water partition coefficient (Wildman–Crippen LogP) is 6.13. The fraction of sp³-hybridized carbons (Fsp3) is 0.161. The van der Waals surface area contributed by atoms with Gasteiger partial charge in [-0.3, -0.25) is 4.79 Å². The van der Waals surface area contributed by atoms with E-state index in [-0.39, 0.29) is 18.0 Å². The smallest absolute Gasteiger partial charge is 0.343 e. The van der Waals surface area contributed by atoms with Crippen molar-refractivity contribution >= 4 is 50.0 Å². The van der Waals surface area contributed by atoms with E-state index in [4.69, 9.17) is 23.6 Å². The highest BCUT2D eigenvalue weighted by molar-refractivity contribution is 9.10. The molecule has 10 heteroatoms. The summed E-state index contributed by atoms with van der Waals surface area (Å²) < 4.78 is 24.5. The lowest BCUT2D eigenvalue weighted by Crippen LogP contribution is -2.20. The molecule has 0 saturated carbocycles. The third-order valence-corrected chi connectivity index (χ3v) is 6.65. The van der Waals surface area contributed by atoms with Gasteiger partial charge in [0.05, 0.1) is 30.8 Å². The zero-order valence-corrected chi connectivity index (χ0v) is 24.0. The molecule has 0 unspecified atom stereocenters. The number of aromatic nitrogens is 2. The highest BCUT2D eigenvalue weighted by Crippen LogP contribution is 2.34. The van der Waals surface area contributed by atoms with Crippen LogP contribution >= 0.6 is 15.9 Å². The first kappa shape index (κ1) is 27.9. The van der Waals surface area contributed by atoms with Crippen LogP contribution in [0.5, 0.6) is 11.5 Å². The zero-order chi connectivity index (χ0) is 28.9. The maximum atomic E-state index is 13.6. The first-order chi connectivity index (χ1) is 19.9. The molecule has 0 bridgehead atoms. The number of rotatable bonds is 10. The van der Waals surface area contributed by atoms with Gasteiger partial charge >= 0.3 is 5.97 Å². The summed E-state index contributed by atoms with van der Waals surface area (Å²) in [7, 11) is 1.29. The Morgan fingerprint density at radius 2 is 1.98 bits per heavy atom. The van der Waals surface area contributed by atoms with Crippen molar-refractivity contribution in [2.75, 3.05) is 20.3 Å². The number of carbonyl (C=O) groups excluding carboxylic acids is 1. The van der Waals surface area contributed by atoms with Crippen molar-refractivity contribution in [2.24, 2.45) is 5.10 Å². The normalized spacial score (nSPS) is 11.3. The molecular formula is C31H26BrN3O6. The first-order valence-corrected chi connectivity index (χ1v) is 13.6. The number of benzene rings is 3. The molecule has 0 saturated heterocycles. The molecule has 3 aromatic carbocycles. The molecule has 0 amide bonds. The highest BCUT2D eigenvalue weighted by atomic mass is 79.9. The second-order valence-electron chi connectivity index (χ2n) is 8.90. The Morgan fingerprint density at radius 3 is 2.76 bits per heavy atom. The maximum absolute atomic E-state index is 13.6. The van der Waals surface area contributed by atoms with Crippen LogP contribution in [-0.2, 0) is 16.0 Å². The minimum absolute atomic E-state index is 0.256. The average Bonchev–Trinajstić information content (AvgIpc) is 3.39. The number of carbonyl (C=O) groups is 1. The first-order valence-electron chi connectivity index (χ1n) is 12.8. The van der Waals surface area contributed by atoms with E-state index in [9.17, 15) is 9.59 Å². The third kappa shape index (κ3) is 5.92. The zero-order valence-electron chi connectivity index (χ0n) is 22.4. The Balaban J connectivity index is 1.64. The molecule has 5 rings (SSSR count). The number of allylic oxidation sites excluding steroid dienone is 1. The van der Waals surface area contributed by atoms with E-state index in [2.05, 4.69) is 27.6 Å². The van der Waals surface area contributed by atoms with Crippen LogP contribution in [0.2, 0.25) is 0 Å². The van der Waals surface area contributed by atoms with Gasteiger partial charge in [0.25, 0.3) is 5.56 Å². The summed E-state index contributed by atoms with van der Waals surface area (Å²) in [5, 5.41) is 5.83. The average molecular weight is 616 g/mol. The molecule has 0 aliphatic carbocycles. The van der Waals surface area contributed by atoms with Gasteiger partial charge in [0.1, 0.15) is 5.58 Å². The standard InChI is InChI=1S/C31H26BrN3O6/c1-4-8-20-13-19(14-26(39-5-2)29(20)40-18-28(36)38-3)17-33-35-30(34-24-10-7-6-9-23(24)31(35)37)27-16-21-15-22(32)11-12-25(21)41-27/h4,6-7,9-17H,1,5,8,18H2,2-3H3. The Kier molecular flexibility index (Phi) is 8.30. The lowest BCUT2D eigenvalue weighted by molar-refractivity contribution is -0.142. The van der Waals surface area contributed by atoms with Crippen LogP contribution in [0.3, 0.4) is 0 Å². The molecule has 0 radical (unpaired) electrons. The fourth-order valence-electron chi connectivity index (χ4n) is 4.32. The van der Waals surface area contributed by atoms with Gasteiger partial charge in [0, 0.05) is 15.4 Å². The van der Waals surface area contributed by atoms with Crippen molar-refractivity contribution in [3.8, 4) is 23.1 Å². The summed E-state index contributed by atoms with van der Waals surface area (Å²) in [5.41, 5.74) is 2.19. The summed E-state index contributed by atoms with van der Waals surface area (Å²) in [5.74, 6) is 0.965. The summed E-state index contributed by atoms with van der Waals surface area (Å²) in [6, 6.07) is 18.1. The van der Waals surface area contributed by atoms with Crippen molar-refractivity contribution in [3.63, 3.8) is 0 Å². The molecule has 0 spiro atoms. The summed E-state index contributed by atoms with van der Waals surface area (Å²) in [6.45, 7) is 5.76. The molecule has 0 N–H and O–H groups in total. The van der Waals surface area contributed by atoms with Crippen LogP contribution < -0.4 is 15.0 Å². The largest absolute Gasteiger partial charge is 0.490 e. The van der Waals surface area contributed by atoms with E-state index in [1.807, 2.05) is 43.3 Å². The number of para-hydroxylation sites is 1. The number of esters is 1. The second-order valence-corrected chi connectivity index (χ2v) is 9.82. The highest BCUT2D eigenvalue weighted by Gasteiger charge is 2.18. The summed E-state index contributed by atoms with van der Waals surface area (Å²) in [6.07, 6.45) is 3.70. The Labute approximate surface area is 243 Å². The molecule has 5 aromatic rings. The van der Waals surface area contributed by atoms with Gasteiger partial charge in [0.2, 0.25) is 5.82 Å². The van der Waals surface area contributed by atoms with Crippen molar-refractivity contribution in [1.29, 1.82) is 0 Å². The van der Waals surface area contributed by atoms with Gasteiger partial charge in [0.15, 0.2) is 23.9 Å². The summed E-state index contributed by atoms with van der Waals surface area (Å²) in [4.78, 5) is 30.1. The minimum Gasteiger partial charge on any atom is -0.490 e. The predicted molar refractivity (Wildman–Crippen MR) is 161 cm³/mol. The van der Waals surface area contributed by atoms with E-state index in [0.717, 1.165) is 15.4 Å². The summed E-state index contributed by atoms with van der Waals surface area (Å²) >= 11 is 3.48. The lowest BCUT2D eigenvalue weighted by atomic mass is 10.1. The Bertz CT molecular complexity index is 1860. The van der Waals surface area contributed by atoms with E-state index in [1.54, 1.807) is 36.6 Å². The number of fused-ring (bicyclic) bond motifs is 2. The Hall–Kier alpha value is -4.70. The van der Waals surface area contributed by atoms with Gasteiger partial charge in [-0.25, -0.2) is 9.78 Å². The lowest BCUT2D eigenvalue weighted by Gasteiger charge is -2.16. The number of ether oxygens (including phenoxy) is 3. The molecule has 2 aromatic heterocycles. The van der Waals surface area contributed by atoms with Crippen molar-refractivity contribution in [3.05, 3.63) is 99.3 Å². The van der Waals surface area contributed by atoms with Crippen molar-refractivity contribution < 1.29 is 23.4 Å². The number of furan rings is 1. The van der Waals surface area contributed by atoms with Gasteiger partial charge in [-0.15, -0.1) is 6.58 Å². The van der Waals surface area contributed by atoms with Crippen LogP contribution in [0, 0.1) is 0 Å². The number of hydrogen-bond donors (Lipinski definition) is 0. The fourth-order valence-corrected chi connectivity index (χ4v) is 4.70. The Morgan fingerprint density at radius 1 is 1.15 bits per heavy atom. The molecule has 208 valence electrons. The van der Waals surface area contributed by atoms with Crippen LogP contribution in [0.4, 0.5) is 0 Å². The van der Waals surface area contributed by atoms with Gasteiger partial charge in [-0.05, 0) is 67.4 Å². The van der Waals surface area contributed by atoms with E-state index < -0.39 is 5.97 Å². The maximum Gasteiger partial charge on any atom is 0.343 e. The van der Waals surface area contributed by atoms with Crippen LogP contribution in [0.1, 0.15) is 18.1 Å². The van der Waals surface area contributed by atoms with Gasteiger partial charge < -0.3 is 18.6 Å². The molecule has 0 atom stereocenters. The monoisotopic (exact) mass is 615 g/mol. The van der Waals surface area contributed by atoms with Crippen LogP contribution in [0.15, 0.2) is 92.1 Å². The van der Waals surface area contributed by atoms with Crippen LogP contribution in [0.25, 0.3) is 33.5 Å². The van der Waals surface area contributed by atoms with Crippen molar-refractivity contribution in [1.82, 2.24) is 9.66 Å². The van der Waals surface area contributed by atoms with Crippen LogP contribution in [-0.4, -0.2) is 42.2 Å². The third-order valence-electron chi connectivity index (χ3n) is 6.16. The molecule has 2 heterocycles. The minimum atomic E-state index is -0.517. The molecule has 0 aliphatic heterocycles. The number of nitrogens with zero attached hydrogens (tertiary/aromatic N) is 3. The number of halogens is 1. The van der Waals surface area contributed by atoms with Gasteiger partial charge in [-0.2, -0.15) is 9.78 Å².